The fourth-order valence-corrected chi connectivity index (χ4v) is 8.67. The van der Waals surface area contributed by atoms with Gasteiger partial charge in [0, 0.05) is 13.0 Å². The van der Waals surface area contributed by atoms with Crippen molar-refractivity contribution in [3.8, 4) is 5.69 Å². The zero-order chi connectivity index (χ0) is 24.5. The molecule has 6 rings (SSSR count). The molecule has 0 saturated heterocycles. The molecule has 2 aromatic rings. The highest BCUT2D eigenvalue weighted by Gasteiger charge is 2.63. The second-order valence-corrected chi connectivity index (χ2v) is 11.8. The number of carbonyl (C=O) groups is 1. The Morgan fingerprint density at radius 3 is 2.71 bits per heavy atom. The Kier molecular flexibility index (Phi) is 5.28. The van der Waals surface area contributed by atoms with Crippen molar-refractivity contribution in [2.45, 2.75) is 58.5 Å². The van der Waals surface area contributed by atoms with Gasteiger partial charge in [0.1, 0.15) is 0 Å². The highest BCUT2D eigenvalue weighted by atomic mass is 16.7. The minimum absolute atomic E-state index is 0.0568. The third kappa shape index (κ3) is 3.22. The maximum Gasteiger partial charge on any atom is 0.249 e. The van der Waals surface area contributed by atoms with Gasteiger partial charge in [-0.3, -0.25) is 9.63 Å². The van der Waals surface area contributed by atoms with Crippen LogP contribution < -0.4 is 0 Å². The van der Waals surface area contributed by atoms with Crippen LogP contribution in [0.2, 0.25) is 0 Å². The van der Waals surface area contributed by atoms with Crippen molar-refractivity contribution in [3.63, 3.8) is 0 Å². The van der Waals surface area contributed by atoms with E-state index >= 15 is 0 Å². The number of aromatic nitrogens is 2. The van der Waals surface area contributed by atoms with Gasteiger partial charge in [-0.2, -0.15) is 5.10 Å². The summed E-state index contributed by atoms with van der Waals surface area (Å²) in [6.45, 7) is 4.63. The molecule has 0 spiro atoms. The number of allylic oxidation sites excluding steroid dienone is 1. The lowest BCUT2D eigenvalue weighted by Crippen LogP contribution is -2.57. The van der Waals surface area contributed by atoms with Crippen molar-refractivity contribution in [1.82, 2.24) is 14.8 Å². The number of para-hydroxylation sites is 1. The number of rotatable bonds is 3. The van der Waals surface area contributed by atoms with E-state index in [0.717, 1.165) is 37.8 Å². The van der Waals surface area contributed by atoms with Gasteiger partial charge in [0.25, 0.3) is 0 Å². The van der Waals surface area contributed by atoms with Crippen molar-refractivity contribution in [2.75, 3.05) is 14.2 Å². The lowest BCUT2D eigenvalue weighted by Gasteiger charge is -2.59. The maximum absolute atomic E-state index is 13.2. The molecule has 1 amide bonds. The topological polar surface area (TPSA) is 67.6 Å². The molecule has 0 bridgehead atoms. The number of carbonyl (C=O) groups excluding carboxylic acids is 1. The first kappa shape index (κ1) is 23.0. The molecule has 1 N–H and O–H groups in total. The molecule has 3 saturated carbocycles. The molecule has 6 nitrogen and oxygen atoms in total. The summed E-state index contributed by atoms with van der Waals surface area (Å²) in [6, 6.07) is 10.3. The normalized spacial score (nSPS) is 37.5. The van der Waals surface area contributed by atoms with E-state index < -0.39 is 6.10 Å². The Balaban J connectivity index is 1.34. The summed E-state index contributed by atoms with van der Waals surface area (Å²) in [5.41, 5.74) is 4.73. The van der Waals surface area contributed by atoms with Gasteiger partial charge < -0.3 is 5.11 Å². The summed E-state index contributed by atoms with van der Waals surface area (Å²) >= 11 is 0. The van der Waals surface area contributed by atoms with Crippen molar-refractivity contribution in [3.05, 3.63) is 53.4 Å². The predicted molar refractivity (Wildman–Crippen MR) is 134 cm³/mol. The number of amides is 1. The molecule has 4 aliphatic carbocycles. The molecular formula is C29H37N3O3. The molecule has 4 aliphatic rings. The van der Waals surface area contributed by atoms with E-state index in [1.165, 1.54) is 21.9 Å². The quantitative estimate of drug-likeness (QED) is 0.656. The van der Waals surface area contributed by atoms with Crippen molar-refractivity contribution < 1.29 is 14.7 Å². The first-order valence-corrected chi connectivity index (χ1v) is 13.1. The average Bonchev–Trinajstić information content (AvgIpc) is 3.41. The van der Waals surface area contributed by atoms with Crippen LogP contribution in [-0.2, 0) is 16.1 Å². The van der Waals surface area contributed by atoms with Crippen LogP contribution in [0.4, 0.5) is 0 Å². The SMILES string of the molecule is CON(C)C(=O)C1CCC2C3CCC4=Cc5c(cnn5-c5ccccc5)CC4(C)C3C(O)CC12C. The number of hydrogen-bond donors (Lipinski definition) is 1. The number of benzene rings is 1. The second kappa shape index (κ2) is 8.04. The largest absolute Gasteiger partial charge is 0.393 e. The molecular weight excluding hydrogens is 438 g/mol. The average molecular weight is 476 g/mol. The van der Waals surface area contributed by atoms with E-state index in [1.54, 1.807) is 14.2 Å². The summed E-state index contributed by atoms with van der Waals surface area (Å²) in [5, 5.41) is 17.9. The Labute approximate surface area is 207 Å². The molecule has 186 valence electrons. The van der Waals surface area contributed by atoms with Crippen LogP contribution in [0, 0.1) is 34.5 Å². The molecule has 0 radical (unpaired) electrons. The molecule has 1 heterocycles. The Bertz CT molecular complexity index is 1170. The lowest BCUT2D eigenvalue weighted by atomic mass is 9.46. The number of hydrogen-bond acceptors (Lipinski definition) is 4. The predicted octanol–water partition coefficient (Wildman–Crippen LogP) is 4.66. The lowest BCUT2D eigenvalue weighted by molar-refractivity contribution is -0.183. The maximum atomic E-state index is 13.2. The first-order valence-electron chi connectivity index (χ1n) is 13.1. The minimum atomic E-state index is -0.415. The number of nitrogens with zero attached hydrogens (tertiary/aromatic N) is 3. The number of aliphatic hydroxyl groups is 1. The van der Waals surface area contributed by atoms with Crippen LogP contribution >= 0.6 is 0 Å². The highest BCUT2D eigenvalue weighted by molar-refractivity contribution is 5.79. The highest BCUT2D eigenvalue weighted by Crippen LogP contribution is 2.66. The van der Waals surface area contributed by atoms with Gasteiger partial charge in [0.15, 0.2) is 0 Å². The minimum Gasteiger partial charge on any atom is -0.393 e. The third-order valence-electron chi connectivity index (χ3n) is 10.3. The summed E-state index contributed by atoms with van der Waals surface area (Å²) < 4.78 is 2.06. The third-order valence-corrected chi connectivity index (χ3v) is 10.3. The fraction of sp³-hybridized carbons (Fsp3) is 0.586. The Morgan fingerprint density at radius 1 is 1.20 bits per heavy atom. The van der Waals surface area contributed by atoms with Gasteiger partial charge in [-0.05, 0) is 90.9 Å². The number of hydroxylamine groups is 2. The molecule has 1 aromatic heterocycles. The second-order valence-electron chi connectivity index (χ2n) is 11.8. The molecule has 3 fully saturated rings. The molecule has 0 aliphatic heterocycles. The van der Waals surface area contributed by atoms with E-state index in [-0.39, 0.29) is 28.6 Å². The van der Waals surface area contributed by atoms with Crippen LogP contribution in [0.3, 0.4) is 0 Å². The molecule has 35 heavy (non-hydrogen) atoms. The summed E-state index contributed by atoms with van der Waals surface area (Å²) in [7, 11) is 3.25. The van der Waals surface area contributed by atoms with Crippen LogP contribution in [0.1, 0.15) is 57.2 Å². The number of aliphatic hydroxyl groups excluding tert-OH is 1. The van der Waals surface area contributed by atoms with E-state index in [9.17, 15) is 9.90 Å². The van der Waals surface area contributed by atoms with Gasteiger partial charge in [0.05, 0.1) is 30.8 Å². The van der Waals surface area contributed by atoms with E-state index in [2.05, 4.69) is 36.7 Å². The summed E-state index contributed by atoms with van der Waals surface area (Å²) in [5.74, 6) is 1.08. The van der Waals surface area contributed by atoms with Crippen LogP contribution in [0.25, 0.3) is 11.8 Å². The van der Waals surface area contributed by atoms with Crippen molar-refractivity contribution >= 4 is 12.0 Å². The fourth-order valence-electron chi connectivity index (χ4n) is 8.67. The standard InChI is InChI=1S/C29H37N3O3/c1-28-15-18-17-30-32(20-8-6-5-7-9-20)24(18)14-19(28)10-11-21-22-12-13-23(27(34)31(3)35-4)29(22,2)16-25(33)26(21)28/h5-9,14,17,21-23,25-26,33H,10-13,15-16H2,1-4H3. The van der Waals surface area contributed by atoms with Gasteiger partial charge >= 0.3 is 0 Å². The van der Waals surface area contributed by atoms with Gasteiger partial charge in [-0.15, -0.1) is 0 Å². The van der Waals surface area contributed by atoms with Gasteiger partial charge in [-0.25, -0.2) is 9.75 Å². The molecule has 7 atom stereocenters. The first-order chi connectivity index (χ1) is 16.8. The monoisotopic (exact) mass is 475 g/mol. The van der Waals surface area contributed by atoms with Crippen LogP contribution in [0.5, 0.6) is 0 Å². The Morgan fingerprint density at radius 2 is 1.97 bits per heavy atom. The van der Waals surface area contributed by atoms with Gasteiger partial charge in [0.2, 0.25) is 5.91 Å². The van der Waals surface area contributed by atoms with Crippen LogP contribution in [0.15, 0.2) is 42.1 Å². The smallest absolute Gasteiger partial charge is 0.249 e. The summed E-state index contributed by atoms with van der Waals surface area (Å²) in [4.78, 5) is 18.4. The zero-order valence-electron chi connectivity index (χ0n) is 21.3. The van der Waals surface area contributed by atoms with Gasteiger partial charge in [-0.1, -0.05) is 37.6 Å². The molecule has 6 heteroatoms. The van der Waals surface area contributed by atoms with Crippen molar-refractivity contribution in [2.24, 2.45) is 34.5 Å². The molecule has 7 unspecified atom stereocenters. The Hall–Kier alpha value is -2.44. The zero-order valence-corrected chi connectivity index (χ0v) is 21.3. The summed E-state index contributed by atoms with van der Waals surface area (Å²) in [6.07, 6.45) is 9.65. The van der Waals surface area contributed by atoms with Crippen molar-refractivity contribution in [1.29, 1.82) is 0 Å². The molecule has 1 aromatic carbocycles. The van der Waals surface area contributed by atoms with E-state index in [1.807, 2.05) is 24.4 Å². The van der Waals surface area contributed by atoms with E-state index in [4.69, 9.17) is 9.94 Å². The number of fused-ring (bicyclic) bond motifs is 6. The van der Waals surface area contributed by atoms with Crippen LogP contribution in [-0.4, -0.2) is 46.1 Å². The van der Waals surface area contributed by atoms with E-state index in [0.29, 0.717) is 18.3 Å².